The van der Waals surface area contributed by atoms with Gasteiger partial charge in [-0.15, -0.1) is 0 Å². The lowest BCUT2D eigenvalue weighted by molar-refractivity contribution is 0.250. The Labute approximate surface area is 210 Å². The number of ether oxygens (including phenoxy) is 2. The molecule has 0 amide bonds. The molecule has 3 aliphatic rings. The highest BCUT2D eigenvalue weighted by Gasteiger charge is 2.31. The van der Waals surface area contributed by atoms with Gasteiger partial charge in [-0.25, -0.2) is 9.97 Å². The van der Waals surface area contributed by atoms with Crippen LogP contribution in [0, 0.1) is 6.92 Å². The van der Waals surface area contributed by atoms with Crippen molar-refractivity contribution < 1.29 is 9.47 Å². The van der Waals surface area contributed by atoms with Gasteiger partial charge in [-0.2, -0.15) is 5.10 Å². The number of hydrazone groups is 1. The van der Waals surface area contributed by atoms with Gasteiger partial charge in [0.1, 0.15) is 30.3 Å². The molecule has 4 heterocycles. The van der Waals surface area contributed by atoms with Gasteiger partial charge in [0.05, 0.1) is 29.2 Å². The molecule has 6 rings (SSSR count). The molecule has 3 aliphatic heterocycles. The smallest absolute Gasteiger partial charge is 0.155 e. The molecule has 0 spiro atoms. The molecule has 0 saturated carbocycles. The number of piperazine rings is 1. The van der Waals surface area contributed by atoms with Crippen LogP contribution in [-0.2, 0) is 0 Å². The van der Waals surface area contributed by atoms with Gasteiger partial charge in [0, 0.05) is 37.7 Å². The van der Waals surface area contributed by atoms with Crippen LogP contribution in [0.2, 0.25) is 0 Å². The Balaban J connectivity index is 1.26. The van der Waals surface area contributed by atoms with Gasteiger partial charge in [0.15, 0.2) is 5.75 Å². The number of allylic oxidation sites excluding steroid dienone is 1. The van der Waals surface area contributed by atoms with Crippen molar-refractivity contribution in [3.05, 3.63) is 66.3 Å². The van der Waals surface area contributed by atoms with E-state index in [1.54, 1.807) is 12.5 Å². The van der Waals surface area contributed by atoms with E-state index < -0.39 is 0 Å². The van der Waals surface area contributed by atoms with E-state index in [1.165, 1.54) is 0 Å². The molecule has 0 bridgehead atoms. The third-order valence-corrected chi connectivity index (χ3v) is 6.63. The molecule has 0 aliphatic carbocycles. The zero-order valence-electron chi connectivity index (χ0n) is 20.4. The molecular weight excluding hydrogens is 454 g/mol. The molecule has 184 valence electrons. The Morgan fingerprint density at radius 2 is 2.19 bits per heavy atom. The first-order valence-corrected chi connectivity index (χ1v) is 12.3. The molecule has 9 nitrogen and oxygen atoms in total. The summed E-state index contributed by atoms with van der Waals surface area (Å²) in [7, 11) is 0. The van der Waals surface area contributed by atoms with Crippen LogP contribution in [0.4, 0.5) is 17.2 Å². The fraction of sp³-hybridized carbons (Fsp3) is 0.296. The SMILES string of the molecule is C/C=N\N1C=CC(Oc2ccc(Nc3ncnc4ccc5c(c34)OCC3CNCCN53)cc2C)=CC1. The number of nitrogens with zero attached hydrogens (tertiary/aromatic N) is 5. The van der Waals surface area contributed by atoms with Crippen molar-refractivity contribution in [3.8, 4) is 11.5 Å². The molecule has 1 saturated heterocycles. The normalized spacial score (nSPS) is 19.1. The maximum Gasteiger partial charge on any atom is 0.155 e. The number of aryl methyl sites for hydroxylation is 1. The minimum Gasteiger partial charge on any atom is -0.488 e. The van der Waals surface area contributed by atoms with Crippen molar-refractivity contribution in [2.75, 3.05) is 43.0 Å². The number of anilines is 3. The molecule has 1 atom stereocenters. The third kappa shape index (κ3) is 4.22. The van der Waals surface area contributed by atoms with Crippen LogP contribution in [0.1, 0.15) is 12.5 Å². The first-order chi connectivity index (χ1) is 17.7. The lowest BCUT2D eigenvalue weighted by atomic mass is 10.1. The number of hydrogen-bond acceptors (Lipinski definition) is 9. The molecule has 9 heteroatoms. The van der Waals surface area contributed by atoms with Gasteiger partial charge in [0.25, 0.3) is 0 Å². The molecule has 2 aromatic carbocycles. The van der Waals surface area contributed by atoms with Crippen LogP contribution in [0.3, 0.4) is 0 Å². The van der Waals surface area contributed by atoms with Crippen LogP contribution < -0.4 is 25.0 Å². The zero-order valence-corrected chi connectivity index (χ0v) is 20.4. The Morgan fingerprint density at radius 3 is 3.03 bits per heavy atom. The van der Waals surface area contributed by atoms with Crippen molar-refractivity contribution in [3.63, 3.8) is 0 Å². The summed E-state index contributed by atoms with van der Waals surface area (Å²) in [5.74, 6) is 3.19. The number of aromatic nitrogens is 2. The van der Waals surface area contributed by atoms with Gasteiger partial charge in [-0.1, -0.05) is 0 Å². The van der Waals surface area contributed by atoms with E-state index in [4.69, 9.17) is 9.47 Å². The van der Waals surface area contributed by atoms with Gasteiger partial charge < -0.3 is 25.0 Å². The Hall–Kier alpha value is -4.11. The van der Waals surface area contributed by atoms with Crippen molar-refractivity contribution in [2.45, 2.75) is 19.9 Å². The Bertz CT molecular complexity index is 1380. The second-order valence-corrected chi connectivity index (χ2v) is 9.02. The van der Waals surface area contributed by atoms with E-state index in [1.807, 2.05) is 49.3 Å². The van der Waals surface area contributed by atoms with Gasteiger partial charge in [-0.3, -0.25) is 5.01 Å². The summed E-state index contributed by atoms with van der Waals surface area (Å²) in [6.45, 7) is 8.11. The highest BCUT2D eigenvalue weighted by Crippen LogP contribution is 2.43. The third-order valence-electron chi connectivity index (χ3n) is 6.63. The largest absolute Gasteiger partial charge is 0.488 e. The first kappa shape index (κ1) is 22.4. The van der Waals surface area contributed by atoms with Crippen LogP contribution in [0.25, 0.3) is 10.9 Å². The number of benzene rings is 2. The van der Waals surface area contributed by atoms with Crippen molar-refractivity contribution in [2.24, 2.45) is 5.10 Å². The average molecular weight is 484 g/mol. The average Bonchev–Trinajstić information content (AvgIpc) is 2.91. The van der Waals surface area contributed by atoms with E-state index in [2.05, 4.69) is 48.8 Å². The molecule has 1 fully saturated rings. The lowest BCUT2D eigenvalue weighted by Gasteiger charge is -2.42. The van der Waals surface area contributed by atoms with Gasteiger partial charge in [-0.05, 0) is 61.9 Å². The molecule has 0 radical (unpaired) electrons. The summed E-state index contributed by atoms with van der Waals surface area (Å²) >= 11 is 0. The van der Waals surface area contributed by atoms with E-state index in [0.717, 1.165) is 70.6 Å². The number of nitrogens with one attached hydrogen (secondary N) is 2. The fourth-order valence-corrected chi connectivity index (χ4v) is 4.87. The maximum atomic E-state index is 6.29. The first-order valence-electron chi connectivity index (χ1n) is 12.3. The van der Waals surface area contributed by atoms with Crippen molar-refractivity contribution in [1.82, 2.24) is 20.3 Å². The summed E-state index contributed by atoms with van der Waals surface area (Å²) in [6, 6.07) is 10.5. The van der Waals surface area contributed by atoms with Crippen LogP contribution >= 0.6 is 0 Å². The van der Waals surface area contributed by atoms with Crippen molar-refractivity contribution in [1.29, 1.82) is 0 Å². The quantitative estimate of drug-likeness (QED) is 0.528. The van der Waals surface area contributed by atoms with Crippen LogP contribution in [-0.4, -0.2) is 60.0 Å². The molecular formula is C27H29N7O2. The fourth-order valence-electron chi connectivity index (χ4n) is 4.87. The minimum absolute atomic E-state index is 0.344. The molecule has 1 unspecified atom stereocenters. The lowest BCUT2D eigenvalue weighted by Crippen LogP contribution is -2.55. The Kier molecular flexibility index (Phi) is 5.90. The zero-order chi connectivity index (χ0) is 24.5. The number of hydrogen-bond donors (Lipinski definition) is 2. The summed E-state index contributed by atoms with van der Waals surface area (Å²) < 4.78 is 12.4. The summed E-state index contributed by atoms with van der Waals surface area (Å²) in [6.07, 6.45) is 9.20. The molecule has 1 aromatic heterocycles. The highest BCUT2D eigenvalue weighted by molar-refractivity contribution is 6.00. The Morgan fingerprint density at radius 1 is 1.25 bits per heavy atom. The van der Waals surface area contributed by atoms with Crippen LogP contribution in [0.5, 0.6) is 11.5 Å². The standard InChI is InChI=1S/C27H29N7O2/c1-3-31-33-11-8-21(9-12-33)36-24-7-4-19(14-18(24)2)32-27-25-22(29-17-30-27)5-6-23-26(25)35-16-20-15-28-10-13-34(20)23/h3-9,11,14,17,20,28H,10,12-13,15-16H2,1-2H3,(H,29,30,32)/b31-3-. The maximum absolute atomic E-state index is 6.29. The van der Waals surface area contributed by atoms with E-state index in [-0.39, 0.29) is 0 Å². The van der Waals surface area contributed by atoms with Gasteiger partial charge >= 0.3 is 0 Å². The molecule has 3 aromatic rings. The molecule has 2 N–H and O–H groups in total. The summed E-state index contributed by atoms with van der Waals surface area (Å²) in [5.41, 5.74) is 3.90. The molecule has 36 heavy (non-hydrogen) atoms. The topological polar surface area (TPSA) is 87.1 Å². The van der Waals surface area contributed by atoms with E-state index in [0.29, 0.717) is 19.2 Å². The monoisotopic (exact) mass is 483 g/mol. The number of rotatable bonds is 5. The van der Waals surface area contributed by atoms with Gasteiger partial charge in [0.2, 0.25) is 0 Å². The highest BCUT2D eigenvalue weighted by atomic mass is 16.5. The minimum atomic E-state index is 0.344. The van der Waals surface area contributed by atoms with E-state index >= 15 is 0 Å². The van der Waals surface area contributed by atoms with Crippen LogP contribution in [0.15, 0.2) is 65.9 Å². The second-order valence-electron chi connectivity index (χ2n) is 9.02. The summed E-state index contributed by atoms with van der Waals surface area (Å²) in [4.78, 5) is 11.5. The summed E-state index contributed by atoms with van der Waals surface area (Å²) in [5, 5.41) is 14.0. The second kappa shape index (κ2) is 9.50. The predicted octanol–water partition coefficient (Wildman–Crippen LogP) is 3.95. The predicted molar refractivity (Wildman–Crippen MR) is 142 cm³/mol. The van der Waals surface area contributed by atoms with Crippen molar-refractivity contribution >= 4 is 34.3 Å². The van der Waals surface area contributed by atoms with E-state index in [9.17, 15) is 0 Å². The number of fused-ring (bicyclic) bond motifs is 5.